The van der Waals surface area contributed by atoms with E-state index >= 15 is 0 Å². The van der Waals surface area contributed by atoms with Gasteiger partial charge in [-0.25, -0.2) is 9.18 Å². The van der Waals surface area contributed by atoms with Gasteiger partial charge in [-0.15, -0.1) is 0 Å². The smallest absolute Gasteiger partial charge is 0.211 e. The molecule has 2 nitrogen and oxygen atoms in total. The normalized spacial score (nSPS) is 17.0. The molecular weight excluding hydrogens is 193 g/mol. The second kappa shape index (κ2) is 3.28. The van der Waals surface area contributed by atoms with Crippen LogP contribution in [0.15, 0.2) is 17.1 Å². The molecule has 15 heavy (non-hydrogen) atoms. The number of hydrogen-bond donors (Lipinski definition) is 0. The largest absolute Gasteiger partial charge is 0.235 e. The van der Waals surface area contributed by atoms with Crippen LogP contribution in [0.5, 0.6) is 0 Å². The van der Waals surface area contributed by atoms with E-state index in [0.29, 0.717) is 5.56 Å². The highest BCUT2D eigenvalue weighted by atomic mass is 19.1. The van der Waals surface area contributed by atoms with E-state index in [4.69, 9.17) is 0 Å². The van der Waals surface area contributed by atoms with Crippen molar-refractivity contribution in [3.63, 3.8) is 0 Å². The maximum Gasteiger partial charge on any atom is 0.235 e. The van der Waals surface area contributed by atoms with Crippen molar-refractivity contribution in [2.24, 2.45) is 4.99 Å². The maximum atomic E-state index is 13.7. The van der Waals surface area contributed by atoms with E-state index in [1.165, 1.54) is 6.07 Å². The van der Waals surface area contributed by atoms with E-state index in [0.717, 1.165) is 24.0 Å². The summed E-state index contributed by atoms with van der Waals surface area (Å²) in [4.78, 5) is 14.1. The second-order valence-electron chi connectivity index (χ2n) is 4.10. The summed E-state index contributed by atoms with van der Waals surface area (Å²) in [5.74, 6) is -0.269. The predicted molar refractivity (Wildman–Crippen MR) is 54.9 cm³/mol. The van der Waals surface area contributed by atoms with Crippen LogP contribution >= 0.6 is 0 Å². The first-order valence-corrected chi connectivity index (χ1v) is 4.96. The average molecular weight is 205 g/mol. The number of aliphatic imine (C=N–C) groups is 1. The highest BCUT2D eigenvalue weighted by Crippen LogP contribution is 2.51. The van der Waals surface area contributed by atoms with E-state index in [9.17, 15) is 9.18 Å². The van der Waals surface area contributed by atoms with Crippen LogP contribution in [0, 0.1) is 19.7 Å². The fourth-order valence-electron chi connectivity index (χ4n) is 1.98. The third kappa shape index (κ3) is 1.49. The van der Waals surface area contributed by atoms with Gasteiger partial charge in [0.15, 0.2) is 0 Å². The Labute approximate surface area is 87.8 Å². The molecule has 0 N–H and O–H groups in total. The van der Waals surface area contributed by atoms with Crippen molar-refractivity contribution in [3.05, 3.63) is 34.6 Å². The van der Waals surface area contributed by atoms with Crippen LogP contribution in [0.4, 0.5) is 4.39 Å². The zero-order valence-electron chi connectivity index (χ0n) is 8.80. The molecule has 1 aliphatic rings. The fraction of sp³-hybridized carbons (Fsp3) is 0.417. The van der Waals surface area contributed by atoms with Crippen LogP contribution < -0.4 is 0 Å². The minimum atomic E-state index is -0.609. The first-order chi connectivity index (χ1) is 7.10. The molecule has 0 radical (unpaired) electrons. The summed E-state index contributed by atoms with van der Waals surface area (Å²) in [7, 11) is 0. The minimum Gasteiger partial charge on any atom is -0.211 e. The number of nitrogens with zero attached hydrogens (tertiary/aromatic N) is 1. The lowest BCUT2D eigenvalue weighted by atomic mass is 9.95. The third-order valence-corrected chi connectivity index (χ3v) is 3.13. The van der Waals surface area contributed by atoms with Gasteiger partial charge in [0.1, 0.15) is 11.4 Å². The Hall–Kier alpha value is -1.47. The summed E-state index contributed by atoms with van der Waals surface area (Å²) in [6, 6.07) is 3.19. The summed E-state index contributed by atoms with van der Waals surface area (Å²) in [6.45, 7) is 3.80. The number of hydrogen-bond acceptors (Lipinski definition) is 2. The fourth-order valence-corrected chi connectivity index (χ4v) is 1.98. The van der Waals surface area contributed by atoms with Gasteiger partial charge in [0.05, 0.1) is 0 Å². The van der Waals surface area contributed by atoms with Crippen LogP contribution in [0.25, 0.3) is 0 Å². The molecule has 0 saturated heterocycles. The molecule has 1 saturated carbocycles. The molecule has 1 aliphatic carbocycles. The number of halogens is 1. The van der Waals surface area contributed by atoms with E-state index < -0.39 is 5.54 Å². The van der Waals surface area contributed by atoms with Crippen molar-refractivity contribution in [1.82, 2.24) is 0 Å². The summed E-state index contributed by atoms with van der Waals surface area (Å²) >= 11 is 0. The first kappa shape index (κ1) is 10.1. The standard InChI is InChI=1S/C12H12FNO/c1-8-3-4-10(13)11(9(8)2)12(5-6-12)14-7-15/h3-4H,5-6H2,1-2H3. The summed E-state index contributed by atoms with van der Waals surface area (Å²) < 4.78 is 13.7. The Kier molecular flexibility index (Phi) is 2.20. The van der Waals surface area contributed by atoms with Crippen molar-refractivity contribution in [2.45, 2.75) is 32.2 Å². The summed E-state index contributed by atoms with van der Waals surface area (Å²) in [5.41, 5.74) is 1.89. The molecule has 1 fully saturated rings. The van der Waals surface area contributed by atoms with Gasteiger partial charge < -0.3 is 0 Å². The number of aryl methyl sites for hydroxylation is 1. The van der Waals surface area contributed by atoms with Gasteiger partial charge in [-0.2, -0.15) is 4.99 Å². The van der Waals surface area contributed by atoms with Gasteiger partial charge in [-0.3, -0.25) is 0 Å². The van der Waals surface area contributed by atoms with Gasteiger partial charge in [0.2, 0.25) is 6.08 Å². The molecule has 0 spiro atoms. The van der Waals surface area contributed by atoms with Gasteiger partial charge >= 0.3 is 0 Å². The number of benzene rings is 1. The Morgan fingerprint density at radius 1 is 1.40 bits per heavy atom. The second-order valence-corrected chi connectivity index (χ2v) is 4.10. The Morgan fingerprint density at radius 2 is 2.07 bits per heavy atom. The molecule has 0 atom stereocenters. The zero-order valence-corrected chi connectivity index (χ0v) is 8.80. The highest BCUT2D eigenvalue weighted by Gasteiger charge is 2.47. The molecule has 2 rings (SSSR count). The van der Waals surface area contributed by atoms with Crippen LogP contribution in [-0.2, 0) is 10.3 Å². The summed E-state index contributed by atoms with van der Waals surface area (Å²) in [6.07, 6.45) is 3.03. The van der Waals surface area contributed by atoms with Crippen molar-refractivity contribution >= 4 is 6.08 Å². The molecule has 0 aliphatic heterocycles. The summed E-state index contributed by atoms with van der Waals surface area (Å²) in [5, 5.41) is 0. The zero-order chi connectivity index (χ0) is 11.1. The molecule has 0 heterocycles. The topological polar surface area (TPSA) is 29.4 Å². The molecule has 1 aromatic rings. The number of isocyanates is 1. The van der Waals surface area contributed by atoms with Gasteiger partial charge in [-0.1, -0.05) is 6.07 Å². The Morgan fingerprint density at radius 3 is 2.60 bits per heavy atom. The molecule has 78 valence electrons. The van der Waals surface area contributed by atoms with Crippen LogP contribution in [0.1, 0.15) is 29.5 Å². The van der Waals surface area contributed by atoms with Crippen LogP contribution in [0.3, 0.4) is 0 Å². The molecular formula is C12H12FNO. The molecule has 3 heteroatoms. The average Bonchev–Trinajstić information content (AvgIpc) is 2.94. The predicted octanol–water partition coefficient (Wildman–Crippen LogP) is 2.77. The monoisotopic (exact) mass is 205 g/mol. The quantitative estimate of drug-likeness (QED) is 0.539. The van der Waals surface area contributed by atoms with E-state index in [-0.39, 0.29) is 5.82 Å². The van der Waals surface area contributed by atoms with Crippen molar-refractivity contribution < 1.29 is 9.18 Å². The van der Waals surface area contributed by atoms with Crippen molar-refractivity contribution in [1.29, 1.82) is 0 Å². The van der Waals surface area contributed by atoms with Crippen LogP contribution in [-0.4, -0.2) is 6.08 Å². The van der Waals surface area contributed by atoms with Crippen molar-refractivity contribution in [2.75, 3.05) is 0 Å². The molecule has 1 aromatic carbocycles. The third-order valence-electron chi connectivity index (χ3n) is 3.13. The maximum absolute atomic E-state index is 13.7. The van der Waals surface area contributed by atoms with Gasteiger partial charge in [0.25, 0.3) is 0 Å². The number of rotatable bonds is 2. The van der Waals surface area contributed by atoms with Crippen molar-refractivity contribution in [3.8, 4) is 0 Å². The SMILES string of the molecule is Cc1ccc(F)c(C2(N=C=O)CC2)c1C. The van der Waals surface area contributed by atoms with E-state index in [1.54, 1.807) is 12.1 Å². The van der Waals surface area contributed by atoms with E-state index in [1.807, 2.05) is 13.8 Å². The minimum absolute atomic E-state index is 0.269. The lowest BCUT2D eigenvalue weighted by molar-refractivity contribution is 0.546. The Balaban J connectivity index is 2.62. The lowest BCUT2D eigenvalue weighted by Gasteiger charge is -2.14. The van der Waals surface area contributed by atoms with Gasteiger partial charge in [-0.05, 0) is 43.9 Å². The molecule has 0 aromatic heterocycles. The highest BCUT2D eigenvalue weighted by molar-refractivity contribution is 5.46. The first-order valence-electron chi connectivity index (χ1n) is 4.96. The number of carbonyl (C=O) groups excluding carboxylic acids is 1. The van der Waals surface area contributed by atoms with E-state index in [2.05, 4.69) is 4.99 Å². The van der Waals surface area contributed by atoms with Crippen LogP contribution in [0.2, 0.25) is 0 Å². The lowest BCUT2D eigenvalue weighted by Crippen LogP contribution is -2.09. The van der Waals surface area contributed by atoms with Gasteiger partial charge in [0, 0.05) is 5.56 Å². The molecule has 0 bridgehead atoms. The molecule has 0 unspecified atom stereocenters. The molecule has 0 amide bonds. The Bertz CT molecular complexity index is 457.